The van der Waals surface area contributed by atoms with Crippen molar-refractivity contribution in [3.8, 4) is 5.75 Å². The van der Waals surface area contributed by atoms with Crippen molar-refractivity contribution in [2.75, 3.05) is 13.1 Å². The first-order valence-electron chi connectivity index (χ1n) is 7.55. The van der Waals surface area contributed by atoms with E-state index in [4.69, 9.17) is 10.5 Å². The third-order valence-corrected chi connectivity index (χ3v) is 3.86. The van der Waals surface area contributed by atoms with Crippen LogP contribution in [0.15, 0.2) is 60.7 Å². The third-order valence-electron chi connectivity index (χ3n) is 3.86. The molecule has 4 nitrogen and oxygen atoms in total. The van der Waals surface area contributed by atoms with Gasteiger partial charge < -0.3 is 15.4 Å². The van der Waals surface area contributed by atoms with Crippen LogP contribution in [0.3, 0.4) is 0 Å². The minimum Gasteiger partial charge on any atom is -0.476 e. The topological polar surface area (TPSA) is 55.6 Å². The van der Waals surface area contributed by atoms with E-state index in [0.29, 0.717) is 18.8 Å². The lowest BCUT2D eigenvalue weighted by Crippen LogP contribution is -2.37. The van der Waals surface area contributed by atoms with Gasteiger partial charge in [0, 0.05) is 24.7 Å². The standard InChI is InChI=1S/C18H20N2O2/c19-15-11-12-20(13-15)18(21)17(14-7-3-1-4-8-14)22-16-9-5-2-6-10-16/h1-10,15,17H,11-13,19H2/t15-,17?/m1/s1. The molecular formula is C18H20N2O2. The van der Waals surface area contributed by atoms with Crippen molar-refractivity contribution < 1.29 is 9.53 Å². The lowest BCUT2D eigenvalue weighted by atomic mass is 10.1. The molecule has 1 saturated heterocycles. The average Bonchev–Trinajstić information content (AvgIpc) is 3.00. The van der Waals surface area contributed by atoms with Crippen LogP contribution in [0.5, 0.6) is 5.75 Å². The van der Waals surface area contributed by atoms with Gasteiger partial charge >= 0.3 is 0 Å². The molecule has 3 rings (SSSR count). The largest absolute Gasteiger partial charge is 0.476 e. The predicted octanol–water partition coefficient (Wildman–Crippen LogP) is 2.37. The molecule has 0 aromatic heterocycles. The summed E-state index contributed by atoms with van der Waals surface area (Å²) in [4.78, 5) is 14.6. The van der Waals surface area contributed by atoms with Crippen LogP contribution < -0.4 is 10.5 Å². The van der Waals surface area contributed by atoms with E-state index in [1.165, 1.54) is 0 Å². The second-order valence-corrected chi connectivity index (χ2v) is 5.55. The van der Waals surface area contributed by atoms with Crippen molar-refractivity contribution in [1.29, 1.82) is 0 Å². The van der Waals surface area contributed by atoms with E-state index in [1.807, 2.05) is 60.7 Å². The third kappa shape index (κ3) is 3.28. The molecule has 1 amide bonds. The first kappa shape index (κ1) is 14.6. The molecular weight excluding hydrogens is 276 g/mol. The van der Waals surface area contributed by atoms with Gasteiger partial charge in [-0.2, -0.15) is 0 Å². The molecule has 1 fully saturated rings. The normalized spacial score (nSPS) is 19.0. The Morgan fingerprint density at radius 2 is 1.73 bits per heavy atom. The fourth-order valence-electron chi connectivity index (χ4n) is 2.68. The number of carbonyl (C=O) groups is 1. The number of carbonyl (C=O) groups excluding carboxylic acids is 1. The SMILES string of the molecule is N[C@@H]1CCN(C(=O)C(Oc2ccccc2)c2ccccc2)C1. The maximum Gasteiger partial charge on any atom is 0.268 e. The number of hydrogen-bond donors (Lipinski definition) is 1. The lowest BCUT2D eigenvalue weighted by Gasteiger charge is -2.24. The van der Waals surface area contributed by atoms with Crippen molar-refractivity contribution in [2.24, 2.45) is 5.73 Å². The summed E-state index contributed by atoms with van der Waals surface area (Å²) in [5.41, 5.74) is 6.78. The van der Waals surface area contributed by atoms with Crippen LogP contribution in [-0.2, 0) is 4.79 Å². The van der Waals surface area contributed by atoms with Crippen molar-refractivity contribution >= 4 is 5.91 Å². The van der Waals surface area contributed by atoms with E-state index in [9.17, 15) is 4.79 Å². The molecule has 1 heterocycles. The number of rotatable bonds is 4. The maximum absolute atomic E-state index is 12.8. The van der Waals surface area contributed by atoms with Gasteiger partial charge in [0.1, 0.15) is 5.75 Å². The van der Waals surface area contributed by atoms with Crippen molar-refractivity contribution in [3.05, 3.63) is 66.2 Å². The lowest BCUT2D eigenvalue weighted by molar-refractivity contribution is -0.138. The minimum absolute atomic E-state index is 0.0250. The Kier molecular flexibility index (Phi) is 4.39. The number of hydrogen-bond acceptors (Lipinski definition) is 3. The summed E-state index contributed by atoms with van der Waals surface area (Å²) in [6.07, 6.45) is 0.215. The van der Waals surface area contributed by atoms with Gasteiger partial charge in [0.05, 0.1) is 0 Å². The Hall–Kier alpha value is -2.33. The maximum atomic E-state index is 12.8. The zero-order valence-electron chi connectivity index (χ0n) is 12.4. The van der Waals surface area contributed by atoms with E-state index in [-0.39, 0.29) is 11.9 Å². The summed E-state index contributed by atoms with van der Waals surface area (Å²) < 4.78 is 5.98. The number of benzene rings is 2. The van der Waals surface area contributed by atoms with E-state index in [2.05, 4.69) is 0 Å². The average molecular weight is 296 g/mol. The summed E-state index contributed by atoms with van der Waals surface area (Å²) in [5.74, 6) is 0.663. The Bertz CT molecular complexity index is 615. The van der Waals surface area contributed by atoms with Crippen LogP contribution >= 0.6 is 0 Å². The summed E-state index contributed by atoms with van der Waals surface area (Å²) >= 11 is 0. The molecule has 0 spiro atoms. The molecule has 22 heavy (non-hydrogen) atoms. The highest BCUT2D eigenvalue weighted by molar-refractivity contribution is 5.83. The first-order valence-corrected chi connectivity index (χ1v) is 7.55. The Balaban J connectivity index is 1.84. The fraction of sp³-hybridized carbons (Fsp3) is 0.278. The van der Waals surface area contributed by atoms with Gasteiger partial charge in [-0.05, 0) is 18.6 Å². The number of likely N-dealkylation sites (tertiary alicyclic amines) is 1. The zero-order chi connectivity index (χ0) is 15.4. The van der Waals surface area contributed by atoms with Crippen LogP contribution in [-0.4, -0.2) is 29.9 Å². The smallest absolute Gasteiger partial charge is 0.268 e. The van der Waals surface area contributed by atoms with Gasteiger partial charge in [-0.1, -0.05) is 48.5 Å². The Labute approximate surface area is 130 Å². The number of ether oxygens (including phenoxy) is 1. The van der Waals surface area contributed by atoms with E-state index in [0.717, 1.165) is 12.0 Å². The second kappa shape index (κ2) is 6.62. The van der Waals surface area contributed by atoms with Gasteiger partial charge in [-0.3, -0.25) is 4.79 Å². The van der Waals surface area contributed by atoms with Crippen LogP contribution in [0.25, 0.3) is 0 Å². The highest BCUT2D eigenvalue weighted by Crippen LogP contribution is 2.25. The highest BCUT2D eigenvalue weighted by Gasteiger charge is 2.31. The van der Waals surface area contributed by atoms with Crippen LogP contribution in [0.4, 0.5) is 0 Å². The first-order chi connectivity index (χ1) is 10.7. The molecule has 0 radical (unpaired) electrons. The monoisotopic (exact) mass is 296 g/mol. The number of nitrogens with zero attached hydrogens (tertiary/aromatic N) is 1. The van der Waals surface area contributed by atoms with Crippen molar-refractivity contribution in [1.82, 2.24) is 4.90 Å². The Morgan fingerprint density at radius 3 is 2.32 bits per heavy atom. The molecule has 0 saturated carbocycles. The van der Waals surface area contributed by atoms with Gasteiger partial charge in [0.2, 0.25) is 6.10 Å². The number of para-hydroxylation sites is 1. The quantitative estimate of drug-likeness (QED) is 0.942. The molecule has 2 atom stereocenters. The predicted molar refractivity (Wildman–Crippen MR) is 85.4 cm³/mol. The highest BCUT2D eigenvalue weighted by atomic mass is 16.5. The molecule has 2 aromatic carbocycles. The molecule has 4 heteroatoms. The molecule has 2 aromatic rings. The Morgan fingerprint density at radius 1 is 1.09 bits per heavy atom. The molecule has 2 N–H and O–H groups in total. The summed E-state index contributed by atoms with van der Waals surface area (Å²) in [7, 11) is 0. The second-order valence-electron chi connectivity index (χ2n) is 5.55. The minimum atomic E-state index is -0.631. The molecule has 1 unspecified atom stereocenters. The van der Waals surface area contributed by atoms with Crippen LogP contribution in [0.1, 0.15) is 18.1 Å². The van der Waals surface area contributed by atoms with Gasteiger partial charge in [0.15, 0.2) is 0 Å². The van der Waals surface area contributed by atoms with E-state index in [1.54, 1.807) is 4.90 Å². The number of amides is 1. The molecule has 114 valence electrons. The van der Waals surface area contributed by atoms with Crippen LogP contribution in [0.2, 0.25) is 0 Å². The number of nitrogens with two attached hydrogens (primary N) is 1. The van der Waals surface area contributed by atoms with Gasteiger partial charge in [0.25, 0.3) is 5.91 Å². The molecule has 1 aliphatic rings. The molecule has 1 aliphatic heterocycles. The zero-order valence-corrected chi connectivity index (χ0v) is 12.4. The molecule has 0 bridgehead atoms. The summed E-state index contributed by atoms with van der Waals surface area (Å²) in [5, 5.41) is 0. The van der Waals surface area contributed by atoms with Crippen LogP contribution in [0, 0.1) is 0 Å². The van der Waals surface area contributed by atoms with Crippen molar-refractivity contribution in [3.63, 3.8) is 0 Å². The molecule has 0 aliphatic carbocycles. The van der Waals surface area contributed by atoms with Crippen molar-refractivity contribution in [2.45, 2.75) is 18.6 Å². The van der Waals surface area contributed by atoms with Gasteiger partial charge in [-0.25, -0.2) is 0 Å². The summed E-state index contributed by atoms with van der Waals surface area (Å²) in [6, 6.07) is 19.1. The van der Waals surface area contributed by atoms with Gasteiger partial charge in [-0.15, -0.1) is 0 Å². The van der Waals surface area contributed by atoms with E-state index < -0.39 is 6.10 Å². The van der Waals surface area contributed by atoms with E-state index >= 15 is 0 Å². The summed E-state index contributed by atoms with van der Waals surface area (Å²) in [6.45, 7) is 1.29. The fourth-order valence-corrected chi connectivity index (χ4v) is 2.68.